The minimum absolute atomic E-state index is 0.0555. The van der Waals surface area contributed by atoms with E-state index in [1.165, 1.54) is 12.1 Å². The zero-order valence-electron chi connectivity index (χ0n) is 14.1. The number of carbonyl (C=O) groups is 1. The van der Waals surface area contributed by atoms with Gasteiger partial charge >= 0.3 is 0 Å². The number of benzene rings is 2. The highest BCUT2D eigenvalue weighted by Gasteiger charge is 2.21. The van der Waals surface area contributed by atoms with Gasteiger partial charge in [-0.2, -0.15) is 0 Å². The molecule has 1 aliphatic heterocycles. The molecule has 0 atom stereocenters. The Morgan fingerprint density at radius 2 is 1.81 bits per heavy atom. The second-order valence-corrected chi connectivity index (χ2v) is 5.98. The molecule has 0 spiro atoms. The quantitative estimate of drug-likeness (QED) is 0.656. The molecular weight excluding hydrogens is 339 g/mol. The van der Waals surface area contributed by atoms with Crippen molar-refractivity contribution >= 4 is 23.0 Å². The molecule has 1 fully saturated rings. The molecule has 0 aromatic heterocycles. The van der Waals surface area contributed by atoms with Crippen LogP contribution in [0.2, 0.25) is 0 Å². The number of halogens is 1. The maximum atomic E-state index is 13.8. The maximum Gasteiger partial charge on any atom is 0.272 e. The smallest absolute Gasteiger partial charge is 0.272 e. The molecule has 1 amide bonds. The first kappa shape index (κ1) is 17.7. The van der Waals surface area contributed by atoms with Crippen LogP contribution in [0.5, 0.6) is 0 Å². The van der Waals surface area contributed by atoms with Crippen molar-refractivity contribution in [1.29, 1.82) is 0 Å². The van der Waals surface area contributed by atoms with Crippen molar-refractivity contribution in [3.63, 3.8) is 0 Å². The molecule has 8 heteroatoms. The number of anilines is 2. The lowest BCUT2D eigenvalue weighted by atomic mass is 10.2. The average molecular weight is 358 g/mol. The predicted molar refractivity (Wildman–Crippen MR) is 96.8 cm³/mol. The third kappa shape index (κ3) is 4.08. The van der Waals surface area contributed by atoms with Crippen molar-refractivity contribution in [2.45, 2.75) is 0 Å². The number of nitrogens with zero attached hydrogens (tertiary/aromatic N) is 3. The maximum absolute atomic E-state index is 13.8. The summed E-state index contributed by atoms with van der Waals surface area (Å²) in [6.07, 6.45) is 0. The zero-order chi connectivity index (χ0) is 18.5. The molecule has 26 heavy (non-hydrogen) atoms. The van der Waals surface area contributed by atoms with Crippen LogP contribution < -0.4 is 10.2 Å². The lowest BCUT2D eigenvalue weighted by molar-refractivity contribution is -0.385. The molecule has 136 valence electrons. The molecule has 0 unspecified atom stereocenters. The summed E-state index contributed by atoms with van der Waals surface area (Å²) in [5.74, 6) is -0.878. The van der Waals surface area contributed by atoms with Crippen LogP contribution in [-0.4, -0.2) is 48.5 Å². The van der Waals surface area contributed by atoms with Crippen LogP contribution in [-0.2, 0) is 4.79 Å². The molecule has 3 rings (SSSR count). The second-order valence-electron chi connectivity index (χ2n) is 5.98. The molecule has 1 N–H and O–H groups in total. The topological polar surface area (TPSA) is 78.7 Å². The van der Waals surface area contributed by atoms with Crippen molar-refractivity contribution in [1.82, 2.24) is 4.90 Å². The second kappa shape index (κ2) is 7.81. The summed E-state index contributed by atoms with van der Waals surface area (Å²) in [4.78, 5) is 26.2. The van der Waals surface area contributed by atoms with E-state index >= 15 is 0 Å². The van der Waals surface area contributed by atoms with Gasteiger partial charge < -0.3 is 15.1 Å². The number of para-hydroxylation sites is 1. The zero-order valence-corrected chi connectivity index (χ0v) is 14.1. The fourth-order valence-electron chi connectivity index (χ4n) is 2.90. The van der Waals surface area contributed by atoms with Crippen LogP contribution in [0.15, 0.2) is 48.5 Å². The SMILES string of the molecule is O=C(CNc1ccc([N+](=O)[O-])cc1F)N1CCN(c2ccccc2)CC1. The number of hydrogen-bond acceptors (Lipinski definition) is 5. The minimum atomic E-state index is -0.749. The van der Waals surface area contributed by atoms with E-state index in [0.29, 0.717) is 13.1 Å². The Bertz CT molecular complexity index is 792. The summed E-state index contributed by atoms with van der Waals surface area (Å²) in [6, 6.07) is 13.3. The van der Waals surface area contributed by atoms with Gasteiger partial charge in [-0.1, -0.05) is 18.2 Å². The fraction of sp³-hybridized carbons (Fsp3) is 0.278. The Labute approximate surface area is 150 Å². The third-order valence-corrected chi connectivity index (χ3v) is 4.35. The molecular formula is C18H19FN4O3. The van der Waals surface area contributed by atoms with E-state index < -0.39 is 10.7 Å². The number of piperazine rings is 1. The summed E-state index contributed by atoms with van der Waals surface area (Å²) in [6.45, 7) is 2.61. The number of non-ortho nitro benzene ring substituents is 1. The molecule has 1 aliphatic rings. The molecule has 7 nitrogen and oxygen atoms in total. The first-order valence-electron chi connectivity index (χ1n) is 8.30. The number of nitro benzene ring substituents is 1. The van der Waals surface area contributed by atoms with Crippen LogP contribution in [0.3, 0.4) is 0 Å². The number of amides is 1. The van der Waals surface area contributed by atoms with E-state index in [1.807, 2.05) is 30.3 Å². The van der Waals surface area contributed by atoms with Gasteiger partial charge in [0.05, 0.1) is 23.2 Å². The van der Waals surface area contributed by atoms with Gasteiger partial charge in [-0.05, 0) is 18.2 Å². The van der Waals surface area contributed by atoms with Crippen LogP contribution in [0, 0.1) is 15.9 Å². The van der Waals surface area contributed by atoms with Gasteiger partial charge in [-0.25, -0.2) is 4.39 Å². The van der Waals surface area contributed by atoms with Gasteiger partial charge in [0, 0.05) is 37.9 Å². The van der Waals surface area contributed by atoms with Crippen molar-refractivity contribution in [2.75, 3.05) is 42.9 Å². The first-order valence-corrected chi connectivity index (χ1v) is 8.30. The minimum Gasteiger partial charge on any atom is -0.374 e. The van der Waals surface area contributed by atoms with Crippen molar-refractivity contribution in [3.8, 4) is 0 Å². The molecule has 2 aromatic rings. The normalized spacial score (nSPS) is 14.2. The van der Waals surface area contributed by atoms with Gasteiger partial charge in [0.1, 0.15) is 0 Å². The number of nitro groups is 1. The highest BCUT2D eigenvalue weighted by atomic mass is 19.1. The Morgan fingerprint density at radius 1 is 1.12 bits per heavy atom. The monoisotopic (exact) mass is 358 g/mol. The van der Waals surface area contributed by atoms with Crippen LogP contribution in [0.25, 0.3) is 0 Å². The van der Waals surface area contributed by atoms with Gasteiger partial charge in [-0.15, -0.1) is 0 Å². The largest absolute Gasteiger partial charge is 0.374 e. The summed E-state index contributed by atoms with van der Waals surface area (Å²) < 4.78 is 13.8. The lowest BCUT2D eigenvalue weighted by Gasteiger charge is -2.36. The highest BCUT2D eigenvalue weighted by molar-refractivity contribution is 5.81. The number of hydrogen-bond donors (Lipinski definition) is 1. The van der Waals surface area contributed by atoms with Crippen LogP contribution >= 0.6 is 0 Å². The molecule has 2 aromatic carbocycles. The molecule has 0 radical (unpaired) electrons. The van der Waals surface area contributed by atoms with Gasteiger partial charge in [0.25, 0.3) is 5.69 Å². The summed E-state index contributed by atoms with van der Waals surface area (Å²) in [5, 5.41) is 13.3. The number of carbonyl (C=O) groups excluding carboxylic acids is 1. The first-order chi connectivity index (χ1) is 12.5. The molecule has 1 saturated heterocycles. The highest BCUT2D eigenvalue weighted by Crippen LogP contribution is 2.20. The van der Waals surface area contributed by atoms with Crippen molar-refractivity contribution in [2.24, 2.45) is 0 Å². The van der Waals surface area contributed by atoms with E-state index in [-0.39, 0.29) is 23.8 Å². The Morgan fingerprint density at radius 3 is 2.42 bits per heavy atom. The fourth-order valence-corrected chi connectivity index (χ4v) is 2.90. The van der Waals surface area contributed by atoms with Crippen molar-refractivity contribution < 1.29 is 14.1 Å². The van der Waals surface area contributed by atoms with Crippen molar-refractivity contribution in [3.05, 3.63) is 64.5 Å². The Kier molecular flexibility index (Phi) is 5.31. The Balaban J connectivity index is 1.51. The van der Waals surface area contributed by atoms with E-state index in [4.69, 9.17) is 0 Å². The van der Waals surface area contributed by atoms with Gasteiger partial charge in [0.2, 0.25) is 5.91 Å². The third-order valence-electron chi connectivity index (χ3n) is 4.35. The van der Waals surface area contributed by atoms with E-state index in [9.17, 15) is 19.3 Å². The van der Waals surface area contributed by atoms with Crippen LogP contribution in [0.1, 0.15) is 0 Å². The van der Waals surface area contributed by atoms with Gasteiger partial charge in [0.15, 0.2) is 5.82 Å². The summed E-state index contributed by atoms with van der Waals surface area (Å²) >= 11 is 0. The number of nitrogens with one attached hydrogen (secondary N) is 1. The molecule has 0 aliphatic carbocycles. The van der Waals surface area contributed by atoms with E-state index in [0.717, 1.165) is 24.8 Å². The predicted octanol–water partition coefficient (Wildman–Crippen LogP) is 2.49. The molecule has 0 bridgehead atoms. The lowest BCUT2D eigenvalue weighted by Crippen LogP contribution is -2.50. The standard InChI is InChI=1S/C18H19FN4O3/c19-16-12-15(23(25)26)6-7-17(16)20-13-18(24)22-10-8-21(9-11-22)14-4-2-1-3-5-14/h1-7,12,20H,8-11,13H2. The summed E-state index contributed by atoms with van der Waals surface area (Å²) in [5.41, 5.74) is 0.883. The van der Waals surface area contributed by atoms with Gasteiger partial charge in [-0.3, -0.25) is 14.9 Å². The van der Waals surface area contributed by atoms with E-state index in [1.54, 1.807) is 4.90 Å². The average Bonchev–Trinajstić information content (AvgIpc) is 2.67. The molecule has 0 saturated carbocycles. The van der Waals surface area contributed by atoms with Crippen LogP contribution in [0.4, 0.5) is 21.5 Å². The van der Waals surface area contributed by atoms with E-state index in [2.05, 4.69) is 10.2 Å². The number of rotatable bonds is 5. The summed E-state index contributed by atoms with van der Waals surface area (Å²) in [7, 11) is 0. The Hall–Kier alpha value is -3.16. The molecule has 1 heterocycles.